The molecule has 5 nitrogen and oxygen atoms in total. The van der Waals surface area contributed by atoms with Crippen LogP contribution in [0.1, 0.15) is 29.6 Å². The standard InChI is InChI=1S/C17H24N2O3S2/c1-23-16-4-2-3-13(11-16)17(20)18-14-5-8-19(9-6-14)15-7-10-24(21,22)12-15/h2-4,11,14-15H,5-10,12H2,1H3,(H,18,20)/t15-/m1/s1. The molecule has 1 amide bonds. The van der Waals surface area contributed by atoms with Crippen molar-refractivity contribution in [3.63, 3.8) is 0 Å². The predicted octanol–water partition coefficient (Wildman–Crippen LogP) is 1.79. The molecule has 7 heteroatoms. The van der Waals surface area contributed by atoms with Crippen LogP contribution in [0.4, 0.5) is 0 Å². The van der Waals surface area contributed by atoms with Crippen LogP contribution in [0, 0.1) is 0 Å². The Morgan fingerprint density at radius 2 is 2.00 bits per heavy atom. The number of hydrogen-bond acceptors (Lipinski definition) is 5. The Morgan fingerprint density at radius 3 is 2.62 bits per heavy atom. The summed E-state index contributed by atoms with van der Waals surface area (Å²) >= 11 is 1.62. The number of rotatable bonds is 4. The highest BCUT2D eigenvalue weighted by atomic mass is 32.2. The maximum atomic E-state index is 12.4. The van der Waals surface area contributed by atoms with Crippen LogP contribution in [0.5, 0.6) is 0 Å². The minimum absolute atomic E-state index is 0.0206. The van der Waals surface area contributed by atoms with Gasteiger partial charge in [-0.1, -0.05) is 6.07 Å². The summed E-state index contributed by atoms with van der Waals surface area (Å²) in [6.45, 7) is 1.71. The van der Waals surface area contributed by atoms with E-state index >= 15 is 0 Å². The third-order valence-electron chi connectivity index (χ3n) is 4.92. The normalized spacial score (nSPS) is 24.8. The third-order valence-corrected chi connectivity index (χ3v) is 7.40. The molecule has 1 aromatic rings. The summed E-state index contributed by atoms with van der Waals surface area (Å²) in [6, 6.07) is 8.00. The number of thioether (sulfide) groups is 1. The van der Waals surface area contributed by atoms with Crippen LogP contribution in [0.3, 0.4) is 0 Å². The number of piperidine rings is 1. The molecule has 2 heterocycles. The van der Waals surface area contributed by atoms with Crippen LogP contribution in [0.2, 0.25) is 0 Å². The first-order valence-corrected chi connectivity index (χ1v) is 11.4. The van der Waals surface area contributed by atoms with Crippen LogP contribution in [0.25, 0.3) is 0 Å². The van der Waals surface area contributed by atoms with Crippen molar-refractivity contribution in [2.24, 2.45) is 0 Å². The number of carbonyl (C=O) groups excluding carboxylic acids is 1. The highest BCUT2D eigenvalue weighted by Gasteiger charge is 2.34. The summed E-state index contributed by atoms with van der Waals surface area (Å²) < 4.78 is 23.2. The summed E-state index contributed by atoms with van der Waals surface area (Å²) in [7, 11) is -2.83. The molecule has 2 aliphatic heterocycles. The van der Waals surface area contributed by atoms with Gasteiger partial charge >= 0.3 is 0 Å². The van der Waals surface area contributed by atoms with Crippen LogP contribution < -0.4 is 5.32 Å². The minimum atomic E-state index is -2.83. The Hall–Kier alpha value is -1.05. The minimum Gasteiger partial charge on any atom is -0.349 e. The number of benzene rings is 1. The van der Waals surface area contributed by atoms with Gasteiger partial charge in [-0.2, -0.15) is 0 Å². The second-order valence-electron chi connectivity index (χ2n) is 6.57. The number of amides is 1. The summed E-state index contributed by atoms with van der Waals surface area (Å²) in [4.78, 5) is 15.8. The fourth-order valence-corrected chi connectivity index (χ4v) is 5.73. The van der Waals surface area contributed by atoms with Crippen molar-refractivity contribution < 1.29 is 13.2 Å². The quantitative estimate of drug-likeness (QED) is 0.821. The van der Waals surface area contributed by atoms with Gasteiger partial charge in [-0.25, -0.2) is 8.42 Å². The molecular weight excluding hydrogens is 344 g/mol. The SMILES string of the molecule is CSc1cccc(C(=O)NC2CCN([C@@H]3CCS(=O)(=O)C3)CC2)c1. The van der Waals surface area contributed by atoms with Crippen molar-refractivity contribution in [3.8, 4) is 0 Å². The van der Waals surface area contributed by atoms with E-state index in [1.165, 1.54) is 0 Å². The van der Waals surface area contributed by atoms with E-state index in [0.717, 1.165) is 37.2 Å². The van der Waals surface area contributed by atoms with Gasteiger partial charge in [0.1, 0.15) is 0 Å². The average Bonchev–Trinajstić information content (AvgIpc) is 2.95. The van der Waals surface area contributed by atoms with E-state index in [4.69, 9.17) is 0 Å². The second kappa shape index (κ2) is 7.45. The fourth-order valence-electron chi connectivity index (χ4n) is 3.51. The van der Waals surface area contributed by atoms with E-state index < -0.39 is 9.84 Å². The molecule has 24 heavy (non-hydrogen) atoms. The lowest BCUT2D eigenvalue weighted by Crippen LogP contribution is -2.48. The summed E-state index contributed by atoms with van der Waals surface area (Å²) in [5.74, 6) is 0.596. The lowest BCUT2D eigenvalue weighted by Gasteiger charge is -2.35. The van der Waals surface area contributed by atoms with Crippen molar-refractivity contribution in [1.29, 1.82) is 0 Å². The Morgan fingerprint density at radius 1 is 1.25 bits per heavy atom. The molecular formula is C17H24N2O3S2. The van der Waals surface area contributed by atoms with Gasteiger partial charge in [0.2, 0.25) is 0 Å². The van der Waals surface area contributed by atoms with Gasteiger partial charge in [-0.3, -0.25) is 9.69 Å². The van der Waals surface area contributed by atoms with Crippen molar-refractivity contribution in [3.05, 3.63) is 29.8 Å². The largest absolute Gasteiger partial charge is 0.349 e. The molecule has 2 aliphatic rings. The summed E-state index contributed by atoms with van der Waals surface area (Å²) in [5.41, 5.74) is 0.700. The molecule has 0 saturated carbocycles. The zero-order chi connectivity index (χ0) is 17.2. The van der Waals surface area contributed by atoms with E-state index in [2.05, 4.69) is 10.2 Å². The molecule has 0 bridgehead atoms. The van der Waals surface area contributed by atoms with Gasteiger partial charge in [-0.15, -0.1) is 11.8 Å². The molecule has 3 rings (SSSR count). The number of sulfone groups is 1. The Kier molecular flexibility index (Phi) is 5.52. The Balaban J connectivity index is 1.51. The second-order valence-corrected chi connectivity index (χ2v) is 9.68. The van der Waals surface area contributed by atoms with E-state index in [1.54, 1.807) is 11.8 Å². The highest BCUT2D eigenvalue weighted by molar-refractivity contribution is 7.98. The highest BCUT2D eigenvalue weighted by Crippen LogP contribution is 2.22. The summed E-state index contributed by atoms with van der Waals surface area (Å²) in [6.07, 6.45) is 4.51. The van der Waals surface area contributed by atoms with Gasteiger partial charge < -0.3 is 5.32 Å². The molecule has 0 aromatic heterocycles. The first-order valence-electron chi connectivity index (χ1n) is 8.36. The molecule has 132 valence electrons. The molecule has 1 N–H and O–H groups in total. The van der Waals surface area contributed by atoms with Gasteiger partial charge in [0.05, 0.1) is 11.5 Å². The number of likely N-dealkylation sites (tertiary alicyclic amines) is 1. The zero-order valence-corrected chi connectivity index (χ0v) is 15.5. The Labute approximate surface area is 148 Å². The Bertz CT molecular complexity index is 698. The molecule has 1 aromatic carbocycles. The van der Waals surface area contributed by atoms with Crippen LogP contribution >= 0.6 is 11.8 Å². The van der Waals surface area contributed by atoms with E-state index in [1.807, 2.05) is 30.5 Å². The average molecular weight is 369 g/mol. The molecule has 0 aliphatic carbocycles. The van der Waals surface area contributed by atoms with Gasteiger partial charge in [0.15, 0.2) is 9.84 Å². The molecule has 0 spiro atoms. The lowest BCUT2D eigenvalue weighted by atomic mass is 10.0. The van der Waals surface area contributed by atoms with Crippen molar-refractivity contribution >= 4 is 27.5 Å². The molecule has 2 fully saturated rings. The molecule has 0 unspecified atom stereocenters. The monoisotopic (exact) mass is 368 g/mol. The van der Waals surface area contributed by atoms with Crippen LogP contribution in [-0.4, -0.2) is 62.2 Å². The number of carbonyl (C=O) groups is 1. The van der Waals surface area contributed by atoms with E-state index in [0.29, 0.717) is 17.1 Å². The maximum Gasteiger partial charge on any atom is 0.251 e. The lowest BCUT2D eigenvalue weighted by molar-refractivity contribution is 0.0897. The number of nitrogens with zero attached hydrogens (tertiary/aromatic N) is 1. The van der Waals surface area contributed by atoms with Crippen molar-refractivity contribution in [2.75, 3.05) is 30.9 Å². The molecule has 0 radical (unpaired) electrons. The van der Waals surface area contributed by atoms with E-state index in [-0.39, 0.29) is 18.0 Å². The third kappa shape index (κ3) is 4.32. The number of hydrogen-bond donors (Lipinski definition) is 1. The van der Waals surface area contributed by atoms with Gasteiger partial charge in [0, 0.05) is 35.6 Å². The van der Waals surface area contributed by atoms with Crippen LogP contribution in [-0.2, 0) is 9.84 Å². The fraction of sp³-hybridized carbons (Fsp3) is 0.588. The van der Waals surface area contributed by atoms with Crippen LogP contribution in [0.15, 0.2) is 29.2 Å². The topological polar surface area (TPSA) is 66.5 Å². The number of nitrogens with one attached hydrogen (secondary N) is 1. The molecule has 2 saturated heterocycles. The summed E-state index contributed by atoms with van der Waals surface area (Å²) in [5, 5.41) is 3.12. The molecule has 1 atom stereocenters. The van der Waals surface area contributed by atoms with Crippen molar-refractivity contribution in [1.82, 2.24) is 10.2 Å². The van der Waals surface area contributed by atoms with Gasteiger partial charge in [-0.05, 0) is 43.7 Å². The first-order chi connectivity index (χ1) is 11.5. The van der Waals surface area contributed by atoms with Gasteiger partial charge in [0.25, 0.3) is 5.91 Å². The predicted molar refractivity (Wildman–Crippen MR) is 97.3 cm³/mol. The van der Waals surface area contributed by atoms with E-state index in [9.17, 15) is 13.2 Å². The smallest absolute Gasteiger partial charge is 0.251 e. The zero-order valence-electron chi connectivity index (χ0n) is 13.9. The first kappa shape index (κ1) is 17.8. The van der Waals surface area contributed by atoms with Crippen molar-refractivity contribution in [2.45, 2.75) is 36.2 Å². The maximum absolute atomic E-state index is 12.4.